The highest BCUT2D eigenvalue weighted by Gasteiger charge is 2.18. The van der Waals surface area contributed by atoms with Gasteiger partial charge in [-0.25, -0.2) is 4.39 Å². The Morgan fingerprint density at radius 1 is 1.64 bits per heavy atom. The van der Waals surface area contributed by atoms with Crippen LogP contribution in [0, 0.1) is 5.82 Å². The van der Waals surface area contributed by atoms with Crippen molar-refractivity contribution in [2.24, 2.45) is 5.73 Å². The molecule has 2 N–H and O–H groups in total. The van der Waals surface area contributed by atoms with Crippen molar-refractivity contribution in [2.75, 3.05) is 6.54 Å². The van der Waals surface area contributed by atoms with Gasteiger partial charge in [0.05, 0.1) is 5.92 Å². The molecule has 2 nitrogen and oxygen atoms in total. The minimum Gasteiger partial charge on any atom is -0.329 e. The van der Waals surface area contributed by atoms with Crippen molar-refractivity contribution in [3.63, 3.8) is 0 Å². The fourth-order valence-electron chi connectivity index (χ4n) is 1.30. The van der Waals surface area contributed by atoms with Crippen LogP contribution in [0.2, 0.25) is 0 Å². The highest BCUT2D eigenvalue weighted by atomic mass is 79.9. The zero-order valence-electron chi connectivity index (χ0n) is 7.76. The van der Waals surface area contributed by atoms with E-state index in [9.17, 15) is 9.18 Å². The lowest BCUT2D eigenvalue weighted by Gasteiger charge is -2.12. The van der Waals surface area contributed by atoms with Gasteiger partial charge in [-0.2, -0.15) is 0 Å². The zero-order valence-corrected chi connectivity index (χ0v) is 9.34. The van der Waals surface area contributed by atoms with E-state index >= 15 is 0 Å². The van der Waals surface area contributed by atoms with E-state index in [0.717, 1.165) is 0 Å². The van der Waals surface area contributed by atoms with Crippen LogP contribution in [-0.2, 0) is 4.79 Å². The van der Waals surface area contributed by atoms with E-state index in [4.69, 9.17) is 5.73 Å². The zero-order chi connectivity index (χ0) is 10.7. The summed E-state index contributed by atoms with van der Waals surface area (Å²) in [5, 5.41) is 0. The van der Waals surface area contributed by atoms with Gasteiger partial charge in [0.1, 0.15) is 11.6 Å². The smallest absolute Gasteiger partial charge is 0.138 e. The van der Waals surface area contributed by atoms with Crippen molar-refractivity contribution in [1.29, 1.82) is 0 Å². The van der Waals surface area contributed by atoms with Crippen LogP contribution in [-0.4, -0.2) is 12.3 Å². The Kier molecular flexibility index (Phi) is 3.77. The van der Waals surface area contributed by atoms with Crippen LogP contribution in [0.1, 0.15) is 18.4 Å². The number of ketones is 1. The third-order valence-corrected chi connectivity index (χ3v) is 2.56. The largest absolute Gasteiger partial charge is 0.329 e. The molecule has 0 aliphatic carbocycles. The van der Waals surface area contributed by atoms with Crippen LogP contribution in [0.5, 0.6) is 0 Å². The monoisotopic (exact) mass is 259 g/mol. The molecule has 0 fully saturated rings. The van der Waals surface area contributed by atoms with E-state index in [-0.39, 0.29) is 12.3 Å². The summed E-state index contributed by atoms with van der Waals surface area (Å²) in [4.78, 5) is 11.2. The van der Waals surface area contributed by atoms with Crippen molar-refractivity contribution in [1.82, 2.24) is 0 Å². The minimum absolute atomic E-state index is 0.117. The van der Waals surface area contributed by atoms with Crippen LogP contribution in [0.25, 0.3) is 0 Å². The number of benzene rings is 1. The molecule has 0 amide bonds. The van der Waals surface area contributed by atoms with Gasteiger partial charge in [-0.15, -0.1) is 0 Å². The lowest BCUT2D eigenvalue weighted by Crippen LogP contribution is -2.20. The second-order valence-electron chi connectivity index (χ2n) is 3.06. The average molecular weight is 260 g/mol. The Bertz CT molecular complexity index is 354. The van der Waals surface area contributed by atoms with Gasteiger partial charge in [0, 0.05) is 11.0 Å². The molecule has 0 heterocycles. The minimum atomic E-state index is -0.539. The van der Waals surface area contributed by atoms with Crippen LogP contribution in [0.4, 0.5) is 4.39 Å². The quantitative estimate of drug-likeness (QED) is 0.905. The highest BCUT2D eigenvalue weighted by Crippen LogP contribution is 2.22. The van der Waals surface area contributed by atoms with E-state index in [0.29, 0.717) is 10.0 Å². The van der Waals surface area contributed by atoms with E-state index < -0.39 is 11.7 Å². The van der Waals surface area contributed by atoms with Gasteiger partial charge in [-0.3, -0.25) is 4.79 Å². The summed E-state index contributed by atoms with van der Waals surface area (Å²) >= 11 is 3.15. The summed E-state index contributed by atoms with van der Waals surface area (Å²) in [5.41, 5.74) is 5.78. The van der Waals surface area contributed by atoms with Crippen LogP contribution < -0.4 is 5.73 Å². The Balaban J connectivity index is 3.10. The van der Waals surface area contributed by atoms with Gasteiger partial charge in [0.2, 0.25) is 0 Å². The fraction of sp³-hybridized carbons (Fsp3) is 0.300. The molecule has 4 heteroatoms. The first-order chi connectivity index (χ1) is 6.56. The first kappa shape index (κ1) is 11.3. The Morgan fingerprint density at radius 2 is 2.29 bits per heavy atom. The molecule has 1 rings (SSSR count). The number of nitrogens with two attached hydrogens (primary N) is 1. The van der Waals surface area contributed by atoms with E-state index in [1.54, 1.807) is 12.1 Å². The number of carbonyl (C=O) groups is 1. The number of Topliss-reactive ketones (excluding diaryl/α,β-unsaturated/α-hetero) is 1. The van der Waals surface area contributed by atoms with Crippen molar-refractivity contribution in [3.05, 3.63) is 34.1 Å². The number of hydrogen-bond acceptors (Lipinski definition) is 2. The number of carbonyl (C=O) groups excluding carboxylic acids is 1. The average Bonchev–Trinajstić information content (AvgIpc) is 2.09. The molecule has 0 radical (unpaired) electrons. The normalized spacial score (nSPS) is 12.6. The van der Waals surface area contributed by atoms with Crippen molar-refractivity contribution in [3.8, 4) is 0 Å². The molecule has 0 saturated carbocycles. The molecule has 0 bridgehead atoms. The van der Waals surface area contributed by atoms with Crippen LogP contribution >= 0.6 is 15.9 Å². The van der Waals surface area contributed by atoms with Crippen LogP contribution in [0.15, 0.2) is 22.7 Å². The summed E-state index contributed by atoms with van der Waals surface area (Å²) in [6.45, 7) is 1.55. The molecule has 1 aromatic carbocycles. The van der Waals surface area contributed by atoms with Gasteiger partial charge in [0.15, 0.2) is 0 Å². The molecule has 0 aromatic heterocycles. The van der Waals surface area contributed by atoms with Gasteiger partial charge in [-0.05, 0) is 24.6 Å². The Morgan fingerprint density at radius 3 is 2.71 bits per heavy atom. The molecule has 14 heavy (non-hydrogen) atoms. The second kappa shape index (κ2) is 4.66. The van der Waals surface area contributed by atoms with Gasteiger partial charge >= 0.3 is 0 Å². The maximum absolute atomic E-state index is 13.4. The molecule has 0 aliphatic heterocycles. The topological polar surface area (TPSA) is 43.1 Å². The first-order valence-corrected chi connectivity index (χ1v) is 5.01. The van der Waals surface area contributed by atoms with Crippen molar-refractivity contribution >= 4 is 21.7 Å². The maximum Gasteiger partial charge on any atom is 0.138 e. The molecule has 1 unspecified atom stereocenters. The lowest BCUT2D eigenvalue weighted by atomic mass is 9.95. The van der Waals surface area contributed by atoms with Crippen LogP contribution in [0.3, 0.4) is 0 Å². The first-order valence-electron chi connectivity index (χ1n) is 4.21. The molecular formula is C10H11BrFNO. The highest BCUT2D eigenvalue weighted by molar-refractivity contribution is 9.10. The Hall–Kier alpha value is -0.740. The third kappa shape index (κ3) is 2.39. The molecule has 1 atom stereocenters. The summed E-state index contributed by atoms with van der Waals surface area (Å²) in [7, 11) is 0. The predicted molar refractivity (Wildman–Crippen MR) is 56.6 cm³/mol. The molecule has 76 valence electrons. The molecule has 0 spiro atoms. The summed E-state index contributed by atoms with van der Waals surface area (Å²) in [6, 6.07) is 4.61. The van der Waals surface area contributed by atoms with E-state index in [1.165, 1.54) is 13.0 Å². The SMILES string of the molecule is CC(=O)C(CN)c1ccc(Br)cc1F. The second-order valence-corrected chi connectivity index (χ2v) is 3.98. The summed E-state index contributed by atoms with van der Waals surface area (Å²) in [5.74, 6) is -1.05. The standard InChI is InChI=1S/C10H11BrFNO/c1-6(14)9(5-13)8-3-2-7(11)4-10(8)12/h2-4,9H,5,13H2,1H3. The van der Waals surface area contributed by atoms with Crippen molar-refractivity contribution < 1.29 is 9.18 Å². The van der Waals surface area contributed by atoms with E-state index in [1.807, 2.05) is 0 Å². The fourth-order valence-corrected chi connectivity index (χ4v) is 1.63. The molecular weight excluding hydrogens is 249 g/mol. The Labute approximate surface area is 90.4 Å². The summed E-state index contributed by atoms with van der Waals surface area (Å²) < 4.78 is 14.1. The maximum atomic E-state index is 13.4. The van der Waals surface area contributed by atoms with Crippen molar-refractivity contribution in [2.45, 2.75) is 12.8 Å². The number of rotatable bonds is 3. The number of hydrogen-bond donors (Lipinski definition) is 1. The summed E-state index contributed by atoms with van der Waals surface area (Å²) in [6.07, 6.45) is 0. The van der Waals surface area contributed by atoms with Gasteiger partial charge in [-0.1, -0.05) is 22.0 Å². The molecule has 1 aromatic rings. The molecule has 0 saturated heterocycles. The van der Waals surface area contributed by atoms with Gasteiger partial charge in [0.25, 0.3) is 0 Å². The van der Waals surface area contributed by atoms with E-state index in [2.05, 4.69) is 15.9 Å². The van der Waals surface area contributed by atoms with Gasteiger partial charge < -0.3 is 5.73 Å². The predicted octanol–water partition coefficient (Wildman–Crippen LogP) is 2.22. The lowest BCUT2D eigenvalue weighted by molar-refractivity contribution is -0.118. The number of halogens is 2. The molecule has 0 aliphatic rings. The third-order valence-electron chi connectivity index (χ3n) is 2.06.